The number of benzene rings is 2. The van der Waals surface area contributed by atoms with Crippen molar-refractivity contribution in [3.63, 3.8) is 0 Å². The van der Waals surface area contributed by atoms with Gasteiger partial charge in [-0.15, -0.1) is 0 Å². The number of imidazole rings is 1. The molecule has 0 aliphatic carbocycles. The maximum absolute atomic E-state index is 13.0. The fourth-order valence-electron chi connectivity index (χ4n) is 3.96. The average Bonchev–Trinajstić information content (AvgIpc) is 3.38. The fraction of sp³-hybridized carbons (Fsp3) is 0.348. The van der Waals surface area contributed by atoms with E-state index in [1.807, 2.05) is 17.7 Å². The minimum atomic E-state index is -4.41. The van der Waals surface area contributed by atoms with Gasteiger partial charge in [0.15, 0.2) is 5.13 Å². The molecule has 35 heavy (non-hydrogen) atoms. The number of morpholine rings is 1. The van der Waals surface area contributed by atoms with Crippen molar-refractivity contribution in [1.29, 1.82) is 0 Å². The number of thiazole rings is 1. The summed E-state index contributed by atoms with van der Waals surface area (Å²) >= 11 is 1.12. The summed E-state index contributed by atoms with van der Waals surface area (Å²) in [6.45, 7) is 4.47. The van der Waals surface area contributed by atoms with Gasteiger partial charge in [0.1, 0.15) is 0 Å². The number of amides is 1. The van der Waals surface area contributed by atoms with Gasteiger partial charge in [0.25, 0.3) is 5.91 Å². The smallest absolute Gasteiger partial charge is 0.379 e. The highest BCUT2D eigenvalue weighted by Crippen LogP contribution is 2.35. The topological polar surface area (TPSA) is 84.3 Å². The van der Waals surface area contributed by atoms with Crippen LogP contribution in [0.15, 0.2) is 36.4 Å². The van der Waals surface area contributed by atoms with Crippen LogP contribution in [0.1, 0.15) is 15.9 Å². The summed E-state index contributed by atoms with van der Waals surface area (Å²) < 4.78 is 46.6. The Bertz CT molecular complexity index is 1380. The minimum Gasteiger partial charge on any atom is -0.379 e. The highest BCUT2D eigenvalue weighted by molar-refractivity contribution is 7.22. The number of nitrogens with one attached hydrogen (secondary N) is 2. The van der Waals surface area contributed by atoms with Crippen LogP contribution in [0.3, 0.4) is 0 Å². The van der Waals surface area contributed by atoms with E-state index in [0.29, 0.717) is 52.1 Å². The Balaban J connectivity index is 1.29. The number of carbonyl (C=O) groups excluding carboxylic acids is 1. The molecule has 2 aromatic carbocycles. The number of alkyl halides is 3. The lowest BCUT2D eigenvalue weighted by molar-refractivity contribution is -0.137. The highest BCUT2D eigenvalue weighted by atomic mass is 32.1. The van der Waals surface area contributed by atoms with Gasteiger partial charge < -0.3 is 19.9 Å². The molecule has 1 aliphatic rings. The van der Waals surface area contributed by atoms with E-state index in [9.17, 15) is 18.0 Å². The molecule has 0 saturated carbocycles. The number of aryl methyl sites for hydroxylation is 1. The molecular formula is C23H23F3N6O2S. The lowest BCUT2D eigenvalue weighted by Crippen LogP contribution is -2.41. The van der Waals surface area contributed by atoms with Crippen LogP contribution < -0.4 is 10.6 Å². The van der Waals surface area contributed by atoms with Gasteiger partial charge in [-0.25, -0.2) is 9.97 Å². The zero-order valence-corrected chi connectivity index (χ0v) is 19.7. The number of anilines is 2. The van der Waals surface area contributed by atoms with Crippen LogP contribution in [0.2, 0.25) is 0 Å². The monoisotopic (exact) mass is 504 g/mol. The number of hydrogen-bond acceptors (Lipinski definition) is 7. The number of rotatable bonds is 6. The summed E-state index contributed by atoms with van der Waals surface area (Å²) in [7, 11) is 1.81. The van der Waals surface area contributed by atoms with Crippen molar-refractivity contribution in [3.05, 3.63) is 47.5 Å². The first-order chi connectivity index (χ1) is 16.8. The third kappa shape index (κ3) is 5.09. The predicted octanol–water partition coefficient (Wildman–Crippen LogP) is 4.01. The Kier molecular flexibility index (Phi) is 6.34. The van der Waals surface area contributed by atoms with Crippen LogP contribution in [0.25, 0.3) is 21.3 Å². The van der Waals surface area contributed by atoms with E-state index in [1.165, 1.54) is 6.07 Å². The quantitative estimate of drug-likeness (QED) is 0.413. The van der Waals surface area contributed by atoms with Gasteiger partial charge in [-0.2, -0.15) is 13.2 Å². The van der Waals surface area contributed by atoms with Crippen molar-refractivity contribution >= 4 is 49.6 Å². The molecule has 5 rings (SSSR count). The predicted molar refractivity (Wildman–Crippen MR) is 128 cm³/mol. The van der Waals surface area contributed by atoms with Gasteiger partial charge >= 0.3 is 6.18 Å². The average molecular weight is 505 g/mol. The first kappa shape index (κ1) is 23.5. The number of carbonyl (C=O) groups is 1. The lowest BCUT2D eigenvalue weighted by Gasteiger charge is -2.26. The van der Waals surface area contributed by atoms with Crippen LogP contribution in [0.5, 0.6) is 0 Å². The maximum atomic E-state index is 13.0. The number of halogens is 3. The van der Waals surface area contributed by atoms with E-state index in [2.05, 4.69) is 25.5 Å². The second-order valence-electron chi connectivity index (χ2n) is 8.23. The van der Waals surface area contributed by atoms with Crippen LogP contribution in [-0.4, -0.2) is 64.7 Å². The van der Waals surface area contributed by atoms with E-state index >= 15 is 0 Å². The first-order valence-electron chi connectivity index (χ1n) is 11.1. The Morgan fingerprint density at radius 2 is 1.91 bits per heavy atom. The molecule has 2 N–H and O–H groups in total. The second kappa shape index (κ2) is 9.44. The van der Waals surface area contributed by atoms with Crippen LogP contribution in [0, 0.1) is 0 Å². The Morgan fingerprint density at radius 1 is 1.11 bits per heavy atom. The molecule has 1 amide bonds. The molecule has 1 fully saturated rings. The van der Waals surface area contributed by atoms with Gasteiger partial charge in [0.2, 0.25) is 5.95 Å². The molecule has 3 heterocycles. The minimum absolute atomic E-state index is 0.174. The third-order valence-electron chi connectivity index (χ3n) is 5.89. The van der Waals surface area contributed by atoms with Gasteiger partial charge in [-0.3, -0.25) is 9.69 Å². The molecule has 0 radical (unpaired) electrons. The Labute approximate surface area is 202 Å². The third-order valence-corrected chi connectivity index (χ3v) is 6.83. The number of hydrogen-bond donors (Lipinski definition) is 2. The number of fused-ring (bicyclic) bond motifs is 2. The van der Waals surface area contributed by atoms with Gasteiger partial charge in [-0.1, -0.05) is 11.3 Å². The first-order valence-corrected chi connectivity index (χ1v) is 11.9. The van der Waals surface area contributed by atoms with E-state index in [1.54, 1.807) is 12.1 Å². The summed E-state index contributed by atoms with van der Waals surface area (Å²) in [4.78, 5) is 23.8. The van der Waals surface area contributed by atoms with Crippen molar-refractivity contribution in [3.8, 4) is 0 Å². The lowest BCUT2D eigenvalue weighted by atomic mass is 10.2. The summed E-state index contributed by atoms with van der Waals surface area (Å²) in [6.07, 6.45) is -4.41. The summed E-state index contributed by atoms with van der Waals surface area (Å²) in [5.41, 5.74) is 1.69. The van der Waals surface area contributed by atoms with Crippen molar-refractivity contribution in [2.45, 2.75) is 6.18 Å². The molecular weight excluding hydrogens is 481 g/mol. The summed E-state index contributed by atoms with van der Waals surface area (Å²) in [6, 6.07) is 8.76. The molecule has 0 atom stereocenters. The maximum Gasteiger partial charge on any atom is 0.416 e. The second-order valence-corrected chi connectivity index (χ2v) is 9.26. The van der Waals surface area contributed by atoms with Crippen molar-refractivity contribution < 1.29 is 22.7 Å². The fourth-order valence-corrected chi connectivity index (χ4v) is 4.86. The van der Waals surface area contributed by atoms with Gasteiger partial charge in [0.05, 0.1) is 40.0 Å². The Morgan fingerprint density at radius 3 is 2.69 bits per heavy atom. The number of ether oxygens (including phenoxy) is 1. The molecule has 0 unspecified atom stereocenters. The van der Waals surface area contributed by atoms with Crippen LogP contribution in [-0.2, 0) is 18.0 Å². The number of nitrogens with zero attached hydrogens (tertiary/aromatic N) is 4. The summed E-state index contributed by atoms with van der Waals surface area (Å²) in [5.74, 6) is 0.298. The van der Waals surface area contributed by atoms with E-state index in [4.69, 9.17) is 4.74 Å². The normalized spacial score (nSPS) is 15.1. The SMILES string of the molecule is Cn1c(Nc2nc3ccc(C(F)(F)F)cc3s2)nc2cc(C(=O)NCCN3CCOCC3)ccc21. The molecule has 0 spiro atoms. The van der Waals surface area contributed by atoms with Crippen LogP contribution >= 0.6 is 11.3 Å². The molecule has 2 aromatic heterocycles. The van der Waals surface area contributed by atoms with E-state index in [-0.39, 0.29) is 5.91 Å². The zero-order valence-electron chi connectivity index (χ0n) is 18.9. The molecule has 12 heteroatoms. The molecule has 1 aliphatic heterocycles. The van der Waals surface area contributed by atoms with Crippen molar-refractivity contribution in [1.82, 2.24) is 24.8 Å². The molecule has 184 valence electrons. The van der Waals surface area contributed by atoms with Gasteiger partial charge in [0, 0.05) is 38.8 Å². The van der Waals surface area contributed by atoms with E-state index in [0.717, 1.165) is 48.6 Å². The zero-order chi connectivity index (χ0) is 24.6. The molecule has 8 nitrogen and oxygen atoms in total. The number of aromatic nitrogens is 3. The standard InChI is InChI=1S/C23H23F3N6O2S/c1-31-18-5-2-14(20(33)27-6-7-32-8-10-34-11-9-32)12-17(18)28-21(31)30-22-29-16-4-3-15(23(24,25)26)13-19(16)35-22/h2-5,12-13H,6-11H2,1H3,(H,27,33)(H,28,29,30). The van der Waals surface area contributed by atoms with Crippen molar-refractivity contribution in [2.24, 2.45) is 7.05 Å². The van der Waals surface area contributed by atoms with E-state index < -0.39 is 11.7 Å². The Hall–Kier alpha value is -3.22. The molecule has 0 bridgehead atoms. The largest absolute Gasteiger partial charge is 0.416 e. The summed E-state index contributed by atoms with van der Waals surface area (Å²) in [5, 5.41) is 6.46. The van der Waals surface area contributed by atoms with Gasteiger partial charge in [-0.05, 0) is 36.4 Å². The van der Waals surface area contributed by atoms with Crippen molar-refractivity contribution in [2.75, 3.05) is 44.7 Å². The van der Waals surface area contributed by atoms with Crippen LogP contribution in [0.4, 0.5) is 24.3 Å². The molecule has 4 aromatic rings. The molecule has 1 saturated heterocycles. The highest BCUT2D eigenvalue weighted by Gasteiger charge is 2.30.